The third-order valence-corrected chi connectivity index (χ3v) is 4.56. The second kappa shape index (κ2) is 7.77. The molecule has 3 rings (SSSR count). The van der Waals surface area contributed by atoms with Gasteiger partial charge in [0.1, 0.15) is 5.82 Å². The van der Waals surface area contributed by atoms with Crippen LogP contribution in [-0.2, 0) is 11.3 Å². The van der Waals surface area contributed by atoms with Crippen LogP contribution >= 0.6 is 23.2 Å². The Kier molecular flexibility index (Phi) is 5.45. The van der Waals surface area contributed by atoms with E-state index in [0.717, 1.165) is 28.7 Å². The lowest BCUT2D eigenvalue weighted by Gasteiger charge is -2.11. The van der Waals surface area contributed by atoms with Gasteiger partial charge in [0.05, 0.1) is 17.9 Å². The molecule has 6 heteroatoms. The third kappa shape index (κ3) is 3.98. The highest BCUT2D eigenvalue weighted by molar-refractivity contribution is 6.35. The summed E-state index contributed by atoms with van der Waals surface area (Å²) in [5, 5.41) is 10.2. The Balaban J connectivity index is 2.12. The van der Waals surface area contributed by atoms with Crippen molar-refractivity contribution < 1.29 is 9.90 Å². The van der Waals surface area contributed by atoms with Crippen molar-refractivity contribution in [2.75, 3.05) is 0 Å². The van der Waals surface area contributed by atoms with Crippen molar-refractivity contribution in [2.45, 2.75) is 13.5 Å². The Labute approximate surface area is 161 Å². The van der Waals surface area contributed by atoms with Crippen molar-refractivity contribution in [1.82, 2.24) is 9.55 Å². The molecule has 0 aliphatic carbocycles. The van der Waals surface area contributed by atoms with E-state index in [2.05, 4.69) is 4.98 Å². The first kappa shape index (κ1) is 18.2. The van der Waals surface area contributed by atoms with Gasteiger partial charge in [0.15, 0.2) is 0 Å². The minimum Gasteiger partial charge on any atom is -0.478 e. The first-order valence-electron chi connectivity index (χ1n) is 7.93. The van der Waals surface area contributed by atoms with E-state index >= 15 is 0 Å². The Morgan fingerprint density at radius 3 is 2.58 bits per heavy atom. The molecule has 0 atom stereocenters. The quantitative estimate of drug-likeness (QED) is 0.604. The van der Waals surface area contributed by atoms with Crippen LogP contribution in [0.2, 0.25) is 10.0 Å². The van der Waals surface area contributed by atoms with Gasteiger partial charge in [-0.3, -0.25) is 0 Å². The summed E-state index contributed by atoms with van der Waals surface area (Å²) in [6.07, 6.45) is 2.68. The van der Waals surface area contributed by atoms with E-state index in [9.17, 15) is 4.79 Å². The molecule has 0 fully saturated rings. The van der Waals surface area contributed by atoms with E-state index in [1.54, 1.807) is 18.2 Å². The maximum absolute atomic E-state index is 11.0. The standard InChI is InChI=1S/C20H16Cl2N2O2/c1-13-23-20(14-5-3-2-4-6-14)18(9-10-19(25)26)24(13)12-15-7-8-16(21)11-17(15)22/h2-11H,12H2,1H3,(H,25,26)/b10-9+. The van der Waals surface area contributed by atoms with Gasteiger partial charge in [-0.15, -0.1) is 0 Å². The van der Waals surface area contributed by atoms with Crippen molar-refractivity contribution >= 4 is 35.2 Å². The van der Waals surface area contributed by atoms with Gasteiger partial charge < -0.3 is 9.67 Å². The molecule has 0 spiro atoms. The van der Waals surface area contributed by atoms with Gasteiger partial charge in [-0.2, -0.15) is 0 Å². The number of hydrogen-bond donors (Lipinski definition) is 1. The van der Waals surface area contributed by atoms with Crippen molar-refractivity contribution in [3.63, 3.8) is 0 Å². The van der Waals surface area contributed by atoms with Gasteiger partial charge >= 0.3 is 5.97 Å². The fourth-order valence-corrected chi connectivity index (χ4v) is 3.20. The molecule has 1 aromatic heterocycles. The lowest BCUT2D eigenvalue weighted by atomic mass is 10.1. The van der Waals surface area contributed by atoms with Crippen LogP contribution in [0.15, 0.2) is 54.6 Å². The van der Waals surface area contributed by atoms with E-state index in [4.69, 9.17) is 28.3 Å². The topological polar surface area (TPSA) is 55.1 Å². The number of imidazole rings is 1. The highest BCUT2D eigenvalue weighted by Crippen LogP contribution is 2.28. The van der Waals surface area contributed by atoms with Crippen LogP contribution in [0.1, 0.15) is 17.1 Å². The number of carboxylic acid groups (broad SMARTS) is 1. The highest BCUT2D eigenvalue weighted by atomic mass is 35.5. The zero-order chi connectivity index (χ0) is 18.7. The summed E-state index contributed by atoms with van der Waals surface area (Å²) < 4.78 is 1.94. The summed E-state index contributed by atoms with van der Waals surface area (Å²) in [4.78, 5) is 15.7. The van der Waals surface area contributed by atoms with Crippen molar-refractivity contribution in [2.24, 2.45) is 0 Å². The second-order valence-corrected chi connectivity index (χ2v) is 6.60. The molecule has 0 unspecified atom stereocenters. The second-order valence-electron chi connectivity index (χ2n) is 5.75. The number of aromatic nitrogens is 2. The van der Waals surface area contributed by atoms with Crippen LogP contribution in [0.4, 0.5) is 0 Å². The summed E-state index contributed by atoms with van der Waals surface area (Å²) >= 11 is 12.3. The number of rotatable bonds is 5. The monoisotopic (exact) mass is 386 g/mol. The molecular formula is C20H16Cl2N2O2. The molecule has 1 N–H and O–H groups in total. The normalized spacial score (nSPS) is 11.2. The number of carboxylic acids is 1. The number of benzene rings is 2. The minimum atomic E-state index is -1.01. The van der Waals surface area contributed by atoms with E-state index < -0.39 is 5.97 Å². The molecule has 4 nitrogen and oxygen atoms in total. The average Bonchev–Trinajstić information content (AvgIpc) is 2.92. The minimum absolute atomic E-state index is 0.459. The molecule has 26 heavy (non-hydrogen) atoms. The molecule has 0 radical (unpaired) electrons. The third-order valence-electron chi connectivity index (χ3n) is 3.97. The van der Waals surface area contributed by atoms with E-state index in [1.807, 2.05) is 47.9 Å². The SMILES string of the molecule is Cc1nc(-c2ccccc2)c(/C=C/C(=O)O)n1Cc1ccc(Cl)cc1Cl. The molecule has 0 saturated heterocycles. The summed E-state index contributed by atoms with van der Waals surface area (Å²) in [6, 6.07) is 15.0. The predicted octanol–water partition coefficient (Wildman–Crippen LogP) is 5.31. The van der Waals surface area contributed by atoms with Crippen LogP contribution in [0.3, 0.4) is 0 Å². The molecule has 0 amide bonds. The van der Waals surface area contributed by atoms with Crippen LogP contribution in [0, 0.1) is 6.92 Å². The molecule has 3 aromatic rings. The van der Waals surface area contributed by atoms with Gasteiger partial charge in [0.25, 0.3) is 0 Å². The Morgan fingerprint density at radius 1 is 1.19 bits per heavy atom. The Bertz CT molecular complexity index is 979. The van der Waals surface area contributed by atoms with Gasteiger partial charge in [-0.05, 0) is 30.7 Å². The van der Waals surface area contributed by atoms with E-state index in [0.29, 0.717) is 22.3 Å². The van der Waals surface area contributed by atoms with Gasteiger partial charge in [0.2, 0.25) is 0 Å². The van der Waals surface area contributed by atoms with Crippen molar-refractivity contribution in [3.05, 3.63) is 81.7 Å². The van der Waals surface area contributed by atoms with Gasteiger partial charge in [0, 0.05) is 21.7 Å². The summed E-state index contributed by atoms with van der Waals surface area (Å²) in [5.74, 6) is -0.251. The average molecular weight is 387 g/mol. The molecule has 0 saturated carbocycles. The number of hydrogen-bond acceptors (Lipinski definition) is 2. The Hall–Kier alpha value is -2.56. The fraction of sp³-hybridized carbons (Fsp3) is 0.100. The van der Waals surface area contributed by atoms with Crippen LogP contribution < -0.4 is 0 Å². The number of halogens is 2. The first-order chi connectivity index (χ1) is 12.5. The van der Waals surface area contributed by atoms with E-state index in [1.165, 1.54) is 0 Å². The summed E-state index contributed by atoms with van der Waals surface area (Å²) in [6.45, 7) is 2.34. The first-order valence-corrected chi connectivity index (χ1v) is 8.69. The van der Waals surface area contributed by atoms with Crippen LogP contribution in [-0.4, -0.2) is 20.6 Å². The molecular weight excluding hydrogens is 371 g/mol. The molecule has 2 aromatic carbocycles. The number of nitrogens with zero attached hydrogens (tertiary/aromatic N) is 2. The van der Waals surface area contributed by atoms with E-state index in [-0.39, 0.29) is 0 Å². The molecule has 1 heterocycles. The van der Waals surface area contributed by atoms with Gasteiger partial charge in [-0.1, -0.05) is 59.6 Å². The summed E-state index contributed by atoms with van der Waals surface area (Å²) in [5.41, 5.74) is 3.23. The molecule has 0 bridgehead atoms. The maximum atomic E-state index is 11.0. The zero-order valence-corrected chi connectivity index (χ0v) is 15.5. The lowest BCUT2D eigenvalue weighted by molar-refractivity contribution is -0.131. The maximum Gasteiger partial charge on any atom is 0.328 e. The van der Waals surface area contributed by atoms with Crippen LogP contribution in [0.5, 0.6) is 0 Å². The van der Waals surface area contributed by atoms with Crippen molar-refractivity contribution in [3.8, 4) is 11.3 Å². The number of aliphatic carboxylic acids is 1. The molecule has 0 aliphatic rings. The van der Waals surface area contributed by atoms with Crippen molar-refractivity contribution in [1.29, 1.82) is 0 Å². The lowest BCUT2D eigenvalue weighted by Crippen LogP contribution is -2.05. The smallest absolute Gasteiger partial charge is 0.328 e. The fourth-order valence-electron chi connectivity index (χ4n) is 2.73. The molecule has 0 aliphatic heterocycles. The van der Waals surface area contributed by atoms with Crippen LogP contribution in [0.25, 0.3) is 17.3 Å². The Morgan fingerprint density at radius 2 is 1.92 bits per heavy atom. The zero-order valence-electron chi connectivity index (χ0n) is 14.0. The number of carbonyl (C=O) groups is 1. The van der Waals surface area contributed by atoms with Gasteiger partial charge in [-0.25, -0.2) is 9.78 Å². The molecule has 132 valence electrons. The predicted molar refractivity (Wildman–Crippen MR) is 105 cm³/mol. The highest BCUT2D eigenvalue weighted by Gasteiger charge is 2.16. The summed E-state index contributed by atoms with van der Waals surface area (Å²) in [7, 11) is 0. The number of aryl methyl sites for hydroxylation is 1. The largest absolute Gasteiger partial charge is 0.478 e.